The lowest BCUT2D eigenvalue weighted by atomic mass is 10.1. The third-order valence-corrected chi connectivity index (χ3v) is 2.51. The van der Waals surface area contributed by atoms with Gasteiger partial charge in [-0.3, -0.25) is 4.79 Å². The number of likely N-dealkylation sites (tertiary alicyclic amines) is 1. The van der Waals surface area contributed by atoms with Gasteiger partial charge in [0.25, 0.3) is 0 Å². The third kappa shape index (κ3) is 4.91. The number of ether oxygens (including phenoxy) is 1. The molecule has 1 heterocycles. The van der Waals surface area contributed by atoms with Crippen LogP contribution in [0.15, 0.2) is 0 Å². The van der Waals surface area contributed by atoms with E-state index in [1.165, 1.54) is 0 Å². The van der Waals surface area contributed by atoms with Crippen LogP contribution in [-0.2, 0) is 9.53 Å². The molecule has 1 saturated heterocycles. The molecular formula is C12H23N3O3. The Balaban J connectivity index is 2.19. The van der Waals surface area contributed by atoms with Crippen molar-refractivity contribution in [1.82, 2.24) is 10.2 Å². The molecule has 0 bridgehead atoms. The van der Waals surface area contributed by atoms with E-state index >= 15 is 0 Å². The second-order valence-electron chi connectivity index (χ2n) is 5.54. The molecule has 6 nitrogen and oxygen atoms in total. The molecule has 0 radical (unpaired) electrons. The molecule has 0 spiro atoms. The standard InChI is InChI=1S/C12H23N3O3/c1-12(2,3)18-11(17)15-7-9(8-15)14-10(16)5-4-6-13/h9H,4-8,13H2,1-3H3,(H,14,16). The number of hydrogen-bond acceptors (Lipinski definition) is 4. The van der Waals surface area contributed by atoms with E-state index in [0.29, 0.717) is 32.5 Å². The Morgan fingerprint density at radius 3 is 2.50 bits per heavy atom. The lowest BCUT2D eigenvalue weighted by Crippen LogP contribution is -2.61. The summed E-state index contributed by atoms with van der Waals surface area (Å²) >= 11 is 0. The zero-order chi connectivity index (χ0) is 13.8. The smallest absolute Gasteiger partial charge is 0.410 e. The van der Waals surface area contributed by atoms with Gasteiger partial charge >= 0.3 is 6.09 Å². The second-order valence-corrected chi connectivity index (χ2v) is 5.54. The van der Waals surface area contributed by atoms with Crippen LogP contribution >= 0.6 is 0 Å². The fourth-order valence-corrected chi connectivity index (χ4v) is 1.61. The van der Waals surface area contributed by atoms with Crippen molar-refractivity contribution in [2.75, 3.05) is 19.6 Å². The normalized spacial score (nSPS) is 16.1. The molecule has 18 heavy (non-hydrogen) atoms. The first kappa shape index (κ1) is 14.8. The first-order chi connectivity index (χ1) is 8.31. The average Bonchev–Trinajstić information content (AvgIpc) is 2.16. The lowest BCUT2D eigenvalue weighted by Gasteiger charge is -2.39. The zero-order valence-electron chi connectivity index (χ0n) is 11.4. The topological polar surface area (TPSA) is 84.7 Å². The molecule has 1 rings (SSSR count). The van der Waals surface area contributed by atoms with Crippen molar-refractivity contribution < 1.29 is 14.3 Å². The van der Waals surface area contributed by atoms with Gasteiger partial charge in [-0.05, 0) is 33.7 Å². The third-order valence-electron chi connectivity index (χ3n) is 2.51. The number of carbonyl (C=O) groups excluding carboxylic acids is 2. The number of hydrogen-bond donors (Lipinski definition) is 2. The van der Waals surface area contributed by atoms with Crippen molar-refractivity contribution in [2.24, 2.45) is 5.73 Å². The van der Waals surface area contributed by atoms with Crippen molar-refractivity contribution >= 4 is 12.0 Å². The summed E-state index contributed by atoms with van der Waals surface area (Å²) in [4.78, 5) is 24.6. The molecule has 0 aliphatic carbocycles. The molecular weight excluding hydrogens is 234 g/mol. The van der Waals surface area contributed by atoms with Gasteiger partial charge in [-0.1, -0.05) is 0 Å². The number of rotatable bonds is 4. The van der Waals surface area contributed by atoms with E-state index in [0.717, 1.165) is 0 Å². The number of carbonyl (C=O) groups is 2. The lowest BCUT2D eigenvalue weighted by molar-refractivity contribution is -0.123. The number of nitrogens with two attached hydrogens (primary N) is 1. The predicted molar refractivity (Wildman–Crippen MR) is 68.0 cm³/mol. The maximum absolute atomic E-state index is 11.6. The summed E-state index contributed by atoms with van der Waals surface area (Å²) in [5.74, 6) is -0.00529. The van der Waals surface area contributed by atoms with E-state index in [2.05, 4.69) is 5.32 Å². The molecule has 1 fully saturated rings. The zero-order valence-corrected chi connectivity index (χ0v) is 11.4. The number of amides is 2. The number of nitrogens with zero attached hydrogens (tertiary/aromatic N) is 1. The first-order valence-corrected chi connectivity index (χ1v) is 6.29. The van der Waals surface area contributed by atoms with Gasteiger partial charge in [-0.25, -0.2) is 4.79 Å². The van der Waals surface area contributed by atoms with E-state index in [9.17, 15) is 9.59 Å². The summed E-state index contributed by atoms with van der Waals surface area (Å²) < 4.78 is 5.22. The summed E-state index contributed by atoms with van der Waals surface area (Å²) in [5.41, 5.74) is 4.85. The Kier molecular flexibility index (Phi) is 4.95. The van der Waals surface area contributed by atoms with E-state index in [4.69, 9.17) is 10.5 Å². The Bertz CT molecular complexity index is 306. The highest BCUT2D eigenvalue weighted by Crippen LogP contribution is 2.15. The molecule has 6 heteroatoms. The Hall–Kier alpha value is -1.30. The second kappa shape index (κ2) is 6.04. The molecule has 0 aromatic heterocycles. The summed E-state index contributed by atoms with van der Waals surface area (Å²) in [5, 5.41) is 2.85. The average molecular weight is 257 g/mol. The van der Waals surface area contributed by atoms with E-state index in [1.54, 1.807) is 4.90 Å². The van der Waals surface area contributed by atoms with Crippen molar-refractivity contribution in [3.63, 3.8) is 0 Å². The van der Waals surface area contributed by atoms with Crippen LogP contribution in [0.25, 0.3) is 0 Å². The molecule has 3 N–H and O–H groups in total. The van der Waals surface area contributed by atoms with Gasteiger partial charge in [0.05, 0.1) is 6.04 Å². The molecule has 1 aliphatic rings. The number of nitrogens with one attached hydrogen (secondary N) is 1. The van der Waals surface area contributed by atoms with Crippen LogP contribution in [0.3, 0.4) is 0 Å². The molecule has 0 saturated carbocycles. The summed E-state index contributed by atoms with van der Waals surface area (Å²) in [6, 6.07) is 0.0443. The van der Waals surface area contributed by atoms with Crippen LogP contribution < -0.4 is 11.1 Å². The molecule has 104 valence electrons. The molecule has 0 unspecified atom stereocenters. The van der Waals surface area contributed by atoms with Gasteiger partial charge in [-0.15, -0.1) is 0 Å². The highest BCUT2D eigenvalue weighted by molar-refractivity contribution is 5.77. The van der Waals surface area contributed by atoms with E-state index in [-0.39, 0.29) is 18.0 Å². The van der Waals surface area contributed by atoms with Crippen molar-refractivity contribution in [3.8, 4) is 0 Å². The van der Waals surface area contributed by atoms with Gasteiger partial charge < -0.3 is 20.7 Å². The largest absolute Gasteiger partial charge is 0.444 e. The van der Waals surface area contributed by atoms with Crippen LogP contribution in [0.2, 0.25) is 0 Å². The maximum Gasteiger partial charge on any atom is 0.410 e. The Labute approximate surface area is 108 Å². The van der Waals surface area contributed by atoms with Crippen molar-refractivity contribution in [2.45, 2.75) is 45.3 Å². The highest BCUT2D eigenvalue weighted by atomic mass is 16.6. The van der Waals surface area contributed by atoms with Gasteiger partial charge in [-0.2, -0.15) is 0 Å². The van der Waals surface area contributed by atoms with Gasteiger partial charge in [0.1, 0.15) is 5.60 Å². The van der Waals surface area contributed by atoms with Crippen molar-refractivity contribution in [1.29, 1.82) is 0 Å². The molecule has 0 atom stereocenters. The van der Waals surface area contributed by atoms with Crippen LogP contribution in [0.5, 0.6) is 0 Å². The van der Waals surface area contributed by atoms with E-state index in [1.807, 2.05) is 20.8 Å². The van der Waals surface area contributed by atoms with Crippen molar-refractivity contribution in [3.05, 3.63) is 0 Å². The Morgan fingerprint density at radius 2 is 2.00 bits per heavy atom. The minimum absolute atomic E-state index is 0.00529. The molecule has 0 aromatic rings. The highest BCUT2D eigenvalue weighted by Gasteiger charge is 2.34. The summed E-state index contributed by atoms with van der Waals surface area (Å²) in [6.07, 6.45) is 0.809. The Morgan fingerprint density at radius 1 is 1.39 bits per heavy atom. The molecule has 0 aromatic carbocycles. The van der Waals surface area contributed by atoms with Crippen LogP contribution in [0.4, 0.5) is 4.79 Å². The fraction of sp³-hybridized carbons (Fsp3) is 0.833. The maximum atomic E-state index is 11.6. The monoisotopic (exact) mass is 257 g/mol. The van der Waals surface area contributed by atoms with Gasteiger partial charge in [0.2, 0.25) is 5.91 Å². The minimum Gasteiger partial charge on any atom is -0.444 e. The summed E-state index contributed by atoms with van der Waals surface area (Å²) in [7, 11) is 0. The van der Waals surface area contributed by atoms with Crippen LogP contribution in [0.1, 0.15) is 33.6 Å². The van der Waals surface area contributed by atoms with Crippen LogP contribution in [0, 0.1) is 0 Å². The first-order valence-electron chi connectivity index (χ1n) is 6.29. The van der Waals surface area contributed by atoms with Crippen LogP contribution in [-0.4, -0.2) is 48.2 Å². The fourth-order valence-electron chi connectivity index (χ4n) is 1.61. The minimum atomic E-state index is -0.480. The van der Waals surface area contributed by atoms with E-state index < -0.39 is 5.60 Å². The summed E-state index contributed by atoms with van der Waals surface area (Å²) in [6.45, 7) is 7.04. The predicted octanol–water partition coefficient (Wildman–Crippen LogP) is 0.461. The SMILES string of the molecule is CC(C)(C)OC(=O)N1CC(NC(=O)CCCN)C1. The molecule has 2 amide bonds. The quantitative estimate of drug-likeness (QED) is 0.766. The van der Waals surface area contributed by atoms with Gasteiger partial charge in [0.15, 0.2) is 0 Å². The molecule has 1 aliphatic heterocycles. The van der Waals surface area contributed by atoms with Gasteiger partial charge in [0, 0.05) is 19.5 Å².